The van der Waals surface area contributed by atoms with Crippen molar-refractivity contribution in [2.24, 2.45) is 0 Å². The summed E-state index contributed by atoms with van der Waals surface area (Å²) in [5, 5.41) is 10.5. The molecule has 0 saturated carbocycles. The van der Waals surface area contributed by atoms with Gasteiger partial charge in [-0.25, -0.2) is 0 Å². The highest BCUT2D eigenvalue weighted by molar-refractivity contribution is 7.99. The standard InChI is InChI=1S/C19H30O5SSi/c1-13(20)23-17-16(24-26(5,6)19(2,3)4)15(21)12-22-18(17)25-14-10-8-7-9-11-14/h7-11,15-18,21H,12H2,1-6H3/t15-,16-,17+,18+/m0/s1. The number of ether oxygens (including phenoxy) is 2. The lowest BCUT2D eigenvalue weighted by Gasteiger charge is -2.46. The fourth-order valence-corrected chi connectivity index (χ4v) is 4.87. The van der Waals surface area contributed by atoms with Crippen LogP contribution in [0.1, 0.15) is 27.7 Å². The van der Waals surface area contributed by atoms with Crippen LogP contribution in [0.15, 0.2) is 35.2 Å². The number of hydrogen-bond donors (Lipinski definition) is 1. The van der Waals surface area contributed by atoms with Gasteiger partial charge in [0.05, 0.1) is 6.61 Å². The largest absolute Gasteiger partial charge is 0.456 e. The maximum Gasteiger partial charge on any atom is 0.303 e. The van der Waals surface area contributed by atoms with E-state index < -0.39 is 38.0 Å². The summed E-state index contributed by atoms with van der Waals surface area (Å²) in [7, 11) is -2.16. The van der Waals surface area contributed by atoms with E-state index in [-0.39, 0.29) is 11.6 Å². The molecule has 0 bridgehead atoms. The fraction of sp³-hybridized carbons (Fsp3) is 0.632. The molecule has 1 aromatic carbocycles. The molecular weight excluding hydrogens is 368 g/mol. The molecule has 1 saturated heterocycles. The number of benzene rings is 1. The summed E-state index contributed by atoms with van der Waals surface area (Å²) in [5.41, 5.74) is -0.431. The van der Waals surface area contributed by atoms with Crippen molar-refractivity contribution in [1.29, 1.82) is 0 Å². The van der Waals surface area contributed by atoms with Crippen LogP contribution < -0.4 is 0 Å². The highest BCUT2D eigenvalue weighted by Crippen LogP contribution is 2.41. The summed E-state index contributed by atoms with van der Waals surface area (Å²) in [5.74, 6) is -0.407. The lowest BCUT2D eigenvalue weighted by molar-refractivity contribution is -0.186. The third-order valence-corrected chi connectivity index (χ3v) is 10.6. The number of aliphatic hydroxyl groups is 1. The van der Waals surface area contributed by atoms with Gasteiger partial charge in [-0.3, -0.25) is 4.79 Å². The zero-order chi connectivity index (χ0) is 19.5. The third kappa shape index (κ3) is 5.33. The highest BCUT2D eigenvalue weighted by Gasteiger charge is 2.48. The van der Waals surface area contributed by atoms with Crippen molar-refractivity contribution in [2.45, 2.75) is 74.5 Å². The van der Waals surface area contributed by atoms with Gasteiger partial charge in [-0.05, 0) is 30.3 Å². The second-order valence-electron chi connectivity index (χ2n) is 8.12. The van der Waals surface area contributed by atoms with Gasteiger partial charge in [-0.2, -0.15) is 0 Å². The Morgan fingerprint density at radius 3 is 2.38 bits per heavy atom. The molecule has 146 valence electrons. The van der Waals surface area contributed by atoms with E-state index in [9.17, 15) is 9.90 Å². The van der Waals surface area contributed by atoms with E-state index in [1.54, 1.807) is 0 Å². The third-order valence-electron chi connectivity index (χ3n) is 4.94. The zero-order valence-corrected chi connectivity index (χ0v) is 18.2. The second-order valence-corrected chi connectivity index (χ2v) is 14.0. The first-order valence-corrected chi connectivity index (χ1v) is 12.7. The predicted molar refractivity (Wildman–Crippen MR) is 106 cm³/mol. The van der Waals surface area contributed by atoms with E-state index in [2.05, 4.69) is 33.9 Å². The van der Waals surface area contributed by atoms with E-state index in [4.69, 9.17) is 13.9 Å². The topological polar surface area (TPSA) is 65.0 Å². The molecule has 0 amide bonds. The van der Waals surface area contributed by atoms with Gasteiger partial charge in [0.15, 0.2) is 14.4 Å². The van der Waals surface area contributed by atoms with Crippen molar-refractivity contribution < 1.29 is 23.8 Å². The summed E-state index contributed by atoms with van der Waals surface area (Å²) in [6.45, 7) is 12.2. The maximum atomic E-state index is 11.7. The zero-order valence-electron chi connectivity index (χ0n) is 16.4. The van der Waals surface area contributed by atoms with Crippen LogP contribution in [-0.4, -0.2) is 49.7 Å². The average molecular weight is 399 g/mol. The molecule has 1 aliphatic rings. The Kier molecular flexibility index (Phi) is 6.96. The Morgan fingerprint density at radius 1 is 1.23 bits per heavy atom. The number of rotatable bonds is 5. The van der Waals surface area contributed by atoms with E-state index in [0.29, 0.717) is 0 Å². The lowest BCUT2D eigenvalue weighted by Crippen LogP contribution is -2.59. The van der Waals surface area contributed by atoms with Crippen LogP contribution in [0.3, 0.4) is 0 Å². The number of aliphatic hydroxyl groups excluding tert-OH is 1. The molecule has 2 rings (SSSR count). The summed E-state index contributed by atoms with van der Waals surface area (Å²) in [6, 6.07) is 9.80. The monoisotopic (exact) mass is 398 g/mol. The minimum Gasteiger partial charge on any atom is -0.456 e. The van der Waals surface area contributed by atoms with Gasteiger partial charge in [0.2, 0.25) is 0 Å². The van der Waals surface area contributed by atoms with Gasteiger partial charge in [0.1, 0.15) is 17.6 Å². The molecule has 5 nitrogen and oxygen atoms in total. The molecule has 1 N–H and O–H groups in total. The van der Waals surface area contributed by atoms with E-state index in [1.807, 2.05) is 30.3 Å². The number of carbonyl (C=O) groups is 1. The number of esters is 1. The molecule has 4 atom stereocenters. The van der Waals surface area contributed by atoms with Crippen LogP contribution in [0.2, 0.25) is 18.1 Å². The molecule has 0 aromatic heterocycles. The predicted octanol–water partition coefficient (Wildman–Crippen LogP) is 3.82. The Labute approximate surface area is 161 Å². The quantitative estimate of drug-likeness (QED) is 0.601. The first kappa shape index (κ1) is 21.4. The second kappa shape index (κ2) is 8.44. The Bertz CT molecular complexity index is 602. The van der Waals surface area contributed by atoms with Gasteiger partial charge in [-0.1, -0.05) is 50.7 Å². The Balaban J connectivity index is 2.26. The smallest absolute Gasteiger partial charge is 0.303 e. The highest BCUT2D eigenvalue weighted by atomic mass is 32.2. The van der Waals surface area contributed by atoms with Crippen LogP contribution in [-0.2, 0) is 18.7 Å². The van der Waals surface area contributed by atoms with E-state index in [0.717, 1.165) is 4.90 Å². The van der Waals surface area contributed by atoms with Crippen molar-refractivity contribution in [3.8, 4) is 0 Å². The van der Waals surface area contributed by atoms with Crippen molar-refractivity contribution in [3.05, 3.63) is 30.3 Å². The Hall–Kier alpha value is -0.863. The molecule has 26 heavy (non-hydrogen) atoms. The summed E-state index contributed by atoms with van der Waals surface area (Å²) >= 11 is 1.48. The molecule has 0 radical (unpaired) electrons. The molecule has 7 heteroatoms. The summed E-state index contributed by atoms with van der Waals surface area (Å²) in [6.07, 6.45) is -2.11. The van der Waals surface area contributed by atoms with Crippen LogP contribution >= 0.6 is 11.8 Å². The molecule has 0 spiro atoms. The van der Waals surface area contributed by atoms with Gasteiger partial charge < -0.3 is 19.0 Å². The van der Waals surface area contributed by atoms with Crippen molar-refractivity contribution >= 4 is 26.0 Å². The van der Waals surface area contributed by atoms with Crippen LogP contribution in [0.4, 0.5) is 0 Å². The van der Waals surface area contributed by atoms with Gasteiger partial charge in [0, 0.05) is 11.8 Å². The first-order chi connectivity index (χ1) is 12.0. The van der Waals surface area contributed by atoms with E-state index in [1.165, 1.54) is 18.7 Å². The van der Waals surface area contributed by atoms with Crippen molar-refractivity contribution in [2.75, 3.05) is 6.61 Å². The minimum atomic E-state index is -2.16. The van der Waals surface area contributed by atoms with Crippen molar-refractivity contribution in [3.63, 3.8) is 0 Å². The van der Waals surface area contributed by atoms with Crippen LogP contribution in [0.5, 0.6) is 0 Å². The first-order valence-electron chi connectivity index (χ1n) is 8.88. The molecular formula is C19H30O5SSi. The molecule has 1 aliphatic heterocycles. The average Bonchev–Trinajstić information content (AvgIpc) is 2.53. The number of carbonyl (C=O) groups excluding carboxylic acids is 1. The van der Waals surface area contributed by atoms with Gasteiger partial charge in [0.25, 0.3) is 0 Å². The maximum absolute atomic E-state index is 11.7. The molecule has 1 aromatic rings. The number of thioether (sulfide) groups is 1. The lowest BCUT2D eigenvalue weighted by atomic mass is 10.1. The minimum absolute atomic E-state index is 0.0200. The molecule has 1 heterocycles. The van der Waals surface area contributed by atoms with Gasteiger partial charge in [-0.15, -0.1) is 0 Å². The van der Waals surface area contributed by atoms with E-state index >= 15 is 0 Å². The van der Waals surface area contributed by atoms with Crippen molar-refractivity contribution in [1.82, 2.24) is 0 Å². The molecule has 0 aliphatic carbocycles. The molecule has 0 unspecified atom stereocenters. The van der Waals surface area contributed by atoms with Gasteiger partial charge >= 0.3 is 5.97 Å². The van der Waals surface area contributed by atoms with Crippen LogP contribution in [0.25, 0.3) is 0 Å². The summed E-state index contributed by atoms with van der Waals surface area (Å²) in [4.78, 5) is 12.7. The fourth-order valence-electron chi connectivity index (χ4n) is 2.47. The normalized spacial score (nSPS) is 27.2. The molecule has 1 fully saturated rings. The Morgan fingerprint density at radius 2 is 1.85 bits per heavy atom. The van der Waals surface area contributed by atoms with Crippen LogP contribution in [0, 0.1) is 0 Å². The SMILES string of the molecule is CC(=O)O[C@@H]1[C@@H](O[Si](C)(C)C(C)(C)C)[C@@H](O)CO[C@@H]1Sc1ccccc1. The summed E-state index contributed by atoms with van der Waals surface area (Å²) < 4.78 is 17.8. The number of hydrogen-bond acceptors (Lipinski definition) is 6.